The van der Waals surface area contributed by atoms with Gasteiger partial charge < -0.3 is 5.32 Å². The van der Waals surface area contributed by atoms with Crippen LogP contribution in [0, 0.1) is 12.3 Å². The highest BCUT2D eigenvalue weighted by Crippen LogP contribution is 2.47. The molecule has 2 heteroatoms. The third-order valence-corrected chi connectivity index (χ3v) is 4.30. The van der Waals surface area contributed by atoms with Crippen LogP contribution in [-0.2, 0) is 6.54 Å². The lowest BCUT2D eigenvalue weighted by Gasteiger charge is -2.12. The highest BCUT2D eigenvalue weighted by Gasteiger charge is 2.39. The van der Waals surface area contributed by atoms with Crippen molar-refractivity contribution >= 4 is 11.3 Å². The molecule has 2 rings (SSSR count). The van der Waals surface area contributed by atoms with Crippen LogP contribution in [-0.4, -0.2) is 6.54 Å². The second kappa shape index (κ2) is 4.03. The fourth-order valence-corrected chi connectivity index (χ4v) is 2.72. The zero-order valence-corrected chi connectivity index (χ0v) is 9.91. The summed E-state index contributed by atoms with van der Waals surface area (Å²) in [6.45, 7) is 6.74. The number of hydrogen-bond acceptors (Lipinski definition) is 2. The van der Waals surface area contributed by atoms with E-state index in [1.165, 1.54) is 35.6 Å². The first kappa shape index (κ1) is 10.2. The molecule has 0 atom stereocenters. The van der Waals surface area contributed by atoms with Gasteiger partial charge >= 0.3 is 0 Å². The van der Waals surface area contributed by atoms with Gasteiger partial charge in [0.1, 0.15) is 0 Å². The van der Waals surface area contributed by atoms with Crippen LogP contribution in [0.25, 0.3) is 0 Å². The summed E-state index contributed by atoms with van der Waals surface area (Å²) in [5, 5.41) is 3.58. The third-order valence-electron chi connectivity index (χ3n) is 3.30. The molecule has 0 unspecified atom stereocenters. The van der Waals surface area contributed by atoms with E-state index in [2.05, 4.69) is 31.3 Å². The molecule has 0 radical (unpaired) electrons. The molecule has 0 aliphatic heterocycles. The average molecular weight is 209 g/mol. The van der Waals surface area contributed by atoms with Crippen LogP contribution in [0.15, 0.2) is 12.1 Å². The molecule has 1 N–H and O–H groups in total. The van der Waals surface area contributed by atoms with Crippen molar-refractivity contribution in [2.45, 2.75) is 39.7 Å². The minimum atomic E-state index is 0.673. The molecule has 1 aliphatic rings. The first-order chi connectivity index (χ1) is 6.74. The van der Waals surface area contributed by atoms with Gasteiger partial charge in [-0.2, -0.15) is 0 Å². The van der Waals surface area contributed by atoms with Crippen LogP contribution < -0.4 is 5.32 Å². The largest absolute Gasteiger partial charge is 0.311 e. The van der Waals surface area contributed by atoms with Crippen LogP contribution in [0.2, 0.25) is 0 Å². The minimum Gasteiger partial charge on any atom is -0.311 e. The van der Waals surface area contributed by atoms with E-state index >= 15 is 0 Å². The molecule has 1 aromatic heterocycles. The molecular weight excluding hydrogens is 190 g/mol. The van der Waals surface area contributed by atoms with E-state index in [-0.39, 0.29) is 0 Å². The molecule has 1 aromatic rings. The zero-order valence-electron chi connectivity index (χ0n) is 9.10. The Morgan fingerprint density at radius 2 is 2.21 bits per heavy atom. The predicted octanol–water partition coefficient (Wildman–Crippen LogP) is 3.34. The SMILES string of the molecule is CCC1(CNCc2ccc(C)s2)CC1. The molecule has 1 saturated carbocycles. The Morgan fingerprint density at radius 1 is 1.43 bits per heavy atom. The van der Waals surface area contributed by atoms with Crippen molar-refractivity contribution in [2.24, 2.45) is 5.41 Å². The lowest BCUT2D eigenvalue weighted by atomic mass is 10.0. The molecule has 1 nitrogen and oxygen atoms in total. The Bertz CT molecular complexity index is 299. The summed E-state index contributed by atoms with van der Waals surface area (Å²) in [5.74, 6) is 0. The number of aryl methyl sites for hydroxylation is 1. The van der Waals surface area contributed by atoms with Crippen LogP contribution in [0.4, 0.5) is 0 Å². The molecule has 0 bridgehead atoms. The van der Waals surface area contributed by atoms with Gasteiger partial charge in [0.25, 0.3) is 0 Å². The Balaban J connectivity index is 1.73. The monoisotopic (exact) mass is 209 g/mol. The van der Waals surface area contributed by atoms with Gasteiger partial charge in [0.2, 0.25) is 0 Å². The lowest BCUT2D eigenvalue weighted by Crippen LogP contribution is -2.22. The number of hydrogen-bond donors (Lipinski definition) is 1. The van der Waals surface area contributed by atoms with Crippen LogP contribution in [0.5, 0.6) is 0 Å². The Morgan fingerprint density at radius 3 is 2.71 bits per heavy atom. The Kier molecular flexibility index (Phi) is 2.93. The highest BCUT2D eigenvalue weighted by atomic mass is 32.1. The Labute approximate surface area is 90.5 Å². The topological polar surface area (TPSA) is 12.0 Å². The summed E-state index contributed by atoms with van der Waals surface area (Å²) in [6.07, 6.45) is 4.20. The molecule has 0 saturated heterocycles. The van der Waals surface area contributed by atoms with Gasteiger partial charge in [-0.15, -0.1) is 11.3 Å². The van der Waals surface area contributed by atoms with Gasteiger partial charge in [0, 0.05) is 22.8 Å². The van der Waals surface area contributed by atoms with E-state index in [0.717, 1.165) is 6.54 Å². The molecule has 78 valence electrons. The van der Waals surface area contributed by atoms with Crippen molar-refractivity contribution in [1.82, 2.24) is 5.32 Å². The van der Waals surface area contributed by atoms with Gasteiger partial charge in [-0.1, -0.05) is 6.92 Å². The molecule has 1 fully saturated rings. The van der Waals surface area contributed by atoms with E-state index in [0.29, 0.717) is 5.41 Å². The summed E-state index contributed by atoms with van der Waals surface area (Å²) in [5.41, 5.74) is 0.673. The van der Waals surface area contributed by atoms with E-state index in [1.807, 2.05) is 11.3 Å². The predicted molar refractivity (Wildman–Crippen MR) is 62.7 cm³/mol. The third kappa shape index (κ3) is 2.37. The van der Waals surface area contributed by atoms with Gasteiger partial charge in [-0.3, -0.25) is 0 Å². The number of nitrogens with one attached hydrogen (secondary N) is 1. The van der Waals surface area contributed by atoms with Crippen molar-refractivity contribution in [3.05, 3.63) is 21.9 Å². The molecule has 14 heavy (non-hydrogen) atoms. The highest BCUT2D eigenvalue weighted by molar-refractivity contribution is 7.11. The summed E-state index contributed by atoms with van der Waals surface area (Å²) < 4.78 is 0. The van der Waals surface area contributed by atoms with Crippen molar-refractivity contribution in [3.63, 3.8) is 0 Å². The van der Waals surface area contributed by atoms with E-state index in [9.17, 15) is 0 Å². The Hall–Kier alpha value is -0.340. The van der Waals surface area contributed by atoms with Crippen molar-refractivity contribution in [1.29, 1.82) is 0 Å². The quantitative estimate of drug-likeness (QED) is 0.784. The smallest absolute Gasteiger partial charge is 0.0300 e. The van der Waals surface area contributed by atoms with Gasteiger partial charge in [0.15, 0.2) is 0 Å². The molecule has 0 amide bonds. The molecule has 0 spiro atoms. The maximum Gasteiger partial charge on any atom is 0.0300 e. The zero-order chi connectivity index (χ0) is 10.0. The van der Waals surface area contributed by atoms with Crippen molar-refractivity contribution in [3.8, 4) is 0 Å². The fraction of sp³-hybridized carbons (Fsp3) is 0.667. The number of thiophene rings is 1. The summed E-state index contributed by atoms with van der Waals surface area (Å²) in [7, 11) is 0. The molecular formula is C12H19NS. The van der Waals surface area contributed by atoms with Crippen LogP contribution >= 0.6 is 11.3 Å². The second-order valence-electron chi connectivity index (χ2n) is 4.47. The van der Waals surface area contributed by atoms with Gasteiger partial charge in [-0.05, 0) is 43.7 Å². The average Bonchev–Trinajstić information content (AvgIpc) is 2.84. The summed E-state index contributed by atoms with van der Waals surface area (Å²) in [6, 6.07) is 4.44. The van der Waals surface area contributed by atoms with Crippen molar-refractivity contribution < 1.29 is 0 Å². The standard InChI is InChI=1S/C12H19NS/c1-3-12(6-7-12)9-13-8-11-5-4-10(2)14-11/h4-5,13H,3,6-9H2,1-2H3. The molecule has 0 aromatic carbocycles. The normalized spacial score (nSPS) is 18.4. The van der Waals surface area contributed by atoms with Crippen molar-refractivity contribution in [2.75, 3.05) is 6.54 Å². The second-order valence-corrected chi connectivity index (χ2v) is 5.84. The minimum absolute atomic E-state index is 0.673. The van der Waals surface area contributed by atoms with Gasteiger partial charge in [0.05, 0.1) is 0 Å². The summed E-state index contributed by atoms with van der Waals surface area (Å²) in [4.78, 5) is 2.88. The maximum absolute atomic E-state index is 3.58. The molecule has 1 aliphatic carbocycles. The maximum atomic E-state index is 3.58. The van der Waals surface area contributed by atoms with E-state index < -0.39 is 0 Å². The summed E-state index contributed by atoms with van der Waals surface area (Å²) >= 11 is 1.90. The fourth-order valence-electron chi connectivity index (χ4n) is 1.86. The van der Waals surface area contributed by atoms with Crippen LogP contribution in [0.3, 0.4) is 0 Å². The molecule has 1 heterocycles. The van der Waals surface area contributed by atoms with E-state index in [4.69, 9.17) is 0 Å². The number of rotatable bonds is 5. The van der Waals surface area contributed by atoms with E-state index in [1.54, 1.807) is 0 Å². The first-order valence-electron chi connectivity index (χ1n) is 5.50. The van der Waals surface area contributed by atoms with Gasteiger partial charge in [-0.25, -0.2) is 0 Å². The van der Waals surface area contributed by atoms with Crippen LogP contribution in [0.1, 0.15) is 35.9 Å². The lowest BCUT2D eigenvalue weighted by molar-refractivity contribution is 0.444. The first-order valence-corrected chi connectivity index (χ1v) is 6.32.